The van der Waals surface area contributed by atoms with E-state index in [0.29, 0.717) is 22.4 Å². The maximum atomic E-state index is 12.3. The molecule has 1 aliphatic heterocycles. The first-order chi connectivity index (χ1) is 8.06. The molecule has 1 amide bonds. The van der Waals surface area contributed by atoms with Crippen molar-refractivity contribution in [2.75, 3.05) is 13.2 Å². The number of hydrogen-bond donors (Lipinski definition) is 1. The highest BCUT2D eigenvalue weighted by Crippen LogP contribution is 2.27. The fourth-order valence-electron chi connectivity index (χ4n) is 2.19. The number of likely N-dealkylation sites (tertiary alicyclic amines) is 1. The maximum absolute atomic E-state index is 12.3. The molecule has 1 atom stereocenters. The lowest BCUT2D eigenvalue weighted by atomic mass is 10.2. The normalized spacial score (nSPS) is 20.0. The Morgan fingerprint density at radius 3 is 2.82 bits per heavy atom. The molecular weight excluding hydrogens is 263 g/mol. The average Bonchev–Trinajstić information content (AvgIpc) is 2.89. The first-order valence-corrected chi connectivity index (χ1v) is 6.24. The van der Waals surface area contributed by atoms with Crippen molar-refractivity contribution in [3.63, 3.8) is 0 Å². The molecule has 1 aliphatic rings. The number of carbonyl (C=O) groups excluding carboxylic acids is 1. The van der Waals surface area contributed by atoms with Crippen LogP contribution in [0.1, 0.15) is 23.3 Å². The zero-order valence-corrected chi connectivity index (χ0v) is 11.0. The van der Waals surface area contributed by atoms with E-state index in [2.05, 4.69) is 0 Å². The first kappa shape index (κ1) is 12.7. The molecule has 6 heteroatoms. The van der Waals surface area contributed by atoms with Crippen LogP contribution in [0.4, 0.5) is 0 Å². The van der Waals surface area contributed by atoms with Crippen molar-refractivity contribution >= 4 is 29.1 Å². The van der Waals surface area contributed by atoms with Gasteiger partial charge in [-0.3, -0.25) is 4.79 Å². The van der Waals surface area contributed by atoms with Gasteiger partial charge in [-0.05, 0) is 18.9 Å². The number of aliphatic hydroxyl groups is 1. The molecule has 1 unspecified atom stereocenters. The Labute approximate surface area is 110 Å². The van der Waals surface area contributed by atoms with Crippen LogP contribution in [0.25, 0.3) is 0 Å². The van der Waals surface area contributed by atoms with Crippen molar-refractivity contribution < 1.29 is 9.90 Å². The van der Waals surface area contributed by atoms with Crippen molar-refractivity contribution in [1.29, 1.82) is 0 Å². The summed E-state index contributed by atoms with van der Waals surface area (Å²) in [6, 6.07) is 1.48. The predicted molar refractivity (Wildman–Crippen MR) is 66.6 cm³/mol. The van der Waals surface area contributed by atoms with Gasteiger partial charge in [-0.1, -0.05) is 23.2 Å². The first-order valence-electron chi connectivity index (χ1n) is 5.48. The molecule has 17 heavy (non-hydrogen) atoms. The minimum absolute atomic E-state index is 0.00235. The van der Waals surface area contributed by atoms with E-state index in [9.17, 15) is 9.90 Å². The predicted octanol–water partition coefficient (Wildman–Crippen LogP) is 1.93. The van der Waals surface area contributed by atoms with E-state index in [1.165, 1.54) is 0 Å². The summed E-state index contributed by atoms with van der Waals surface area (Å²) in [4.78, 5) is 14.0. The third-order valence-electron chi connectivity index (χ3n) is 3.18. The molecule has 94 valence electrons. The van der Waals surface area contributed by atoms with Gasteiger partial charge >= 0.3 is 0 Å². The van der Waals surface area contributed by atoms with Crippen LogP contribution in [0.2, 0.25) is 10.2 Å². The van der Waals surface area contributed by atoms with Crippen LogP contribution in [0.15, 0.2) is 6.07 Å². The molecule has 2 rings (SSSR count). The Morgan fingerprint density at radius 2 is 2.29 bits per heavy atom. The molecule has 1 aromatic rings. The zero-order valence-electron chi connectivity index (χ0n) is 9.49. The van der Waals surface area contributed by atoms with E-state index >= 15 is 0 Å². The second kappa shape index (κ2) is 4.88. The molecule has 0 aromatic carbocycles. The van der Waals surface area contributed by atoms with Gasteiger partial charge in [-0.25, -0.2) is 0 Å². The summed E-state index contributed by atoms with van der Waals surface area (Å²) in [6.45, 7) is 0.669. The maximum Gasteiger partial charge on any atom is 0.270 e. The largest absolute Gasteiger partial charge is 0.394 e. The topological polar surface area (TPSA) is 45.5 Å². The summed E-state index contributed by atoms with van der Waals surface area (Å²) in [5.74, 6) is -0.127. The van der Waals surface area contributed by atoms with E-state index in [1.54, 1.807) is 22.6 Å². The lowest BCUT2D eigenvalue weighted by Crippen LogP contribution is -2.38. The fourth-order valence-corrected chi connectivity index (χ4v) is 2.56. The van der Waals surface area contributed by atoms with Crippen LogP contribution in [0.5, 0.6) is 0 Å². The van der Waals surface area contributed by atoms with Gasteiger partial charge in [0.05, 0.1) is 17.7 Å². The highest BCUT2D eigenvalue weighted by Gasteiger charge is 2.30. The van der Waals surface area contributed by atoms with Crippen molar-refractivity contribution in [1.82, 2.24) is 9.47 Å². The van der Waals surface area contributed by atoms with Crippen molar-refractivity contribution in [2.45, 2.75) is 18.9 Å². The van der Waals surface area contributed by atoms with Crippen LogP contribution in [0.3, 0.4) is 0 Å². The van der Waals surface area contributed by atoms with Crippen molar-refractivity contribution in [2.24, 2.45) is 7.05 Å². The molecule has 0 aliphatic carbocycles. The number of nitrogens with zero attached hydrogens (tertiary/aromatic N) is 2. The second-order valence-electron chi connectivity index (χ2n) is 4.20. The molecule has 0 spiro atoms. The van der Waals surface area contributed by atoms with E-state index < -0.39 is 0 Å². The van der Waals surface area contributed by atoms with Crippen LogP contribution in [0, 0.1) is 0 Å². The lowest BCUT2D eigenvalue weighted by Gasteiger charge is -2.23. The molecule has 0 bridgehead atoms. The highest BCUT2D eigenvalue weighted by molar-refractivity contribution is 6.41. The Bertz CT molecular complexity index is 445. The molecule has 1 N–H and O–H groups in total. The van der Waals surface area contributed by atoms with Crippen molar-refractivity contribution in [3.8, 4) is 0 Å². The number of amides is 1. The Kier molecular flexibility index (Phi) is 3.66. The summed E-state index contributed by atoms with van der Waals surface area (Å²) < 4.78 is 1.57. The smallest absolute Gasteiger partial charge is 0.270 e. The van der Waals surface area contributed by atoms with Crippen LogP contribution >= 0.6 is 23.2 Å². The number of rotatable bonds is 2. The van der Waals surface area contributed by atoms with E-state index in [4.69, 9.17) is 23.2 Å². The lowest BCUT2D eigenvalue weighted by molar-refractivity contribution is 0.0668. The molecule has 1 fully saturated rings. The van der Waals surface area contributed by atoms with Gasteiger partial charge in [0.25, 0.3) is 5.91 Å². The van der Waals surface area contributed by atoms with Gasteiger partial charge in [0.1, 0.15) is 10.8 Å². The number of aromatic nitrogens is 1. The van der Waals surface area contributed by atoms with Gasteiger partial charge < -0.3 is 14.6 Å². The molecule has 0 saturated carbocycles. The van der Waals surface area contributed by atoms with Gasteiger partial charge in [0.2, 0.25) is 0 Å². The second-order valence-corrected chi connectivity index (χ2v) is 4.97. The Morgan fingerprint density at radius 1 is 1.59 bits per heavy atom. The zero-order chi connectivity index (χ0) is 12.6. The number of aliphatic hydroxyl groups excluding tert-OH is 1. The molecule has 1 aromatic heterocycles. The number of halogens is 2. The van der Waals surface area contributed by atoms with Crippen LogP contribution in [-0.4, -0.2) is 39.7 Å². The summed E-state index contributed by atoms with van der Waals surface area (Å²) in [5.41, 5.74) is 0.459. The minimum atomic E-state index is -0.127. The summed E-state index contributed by atoms with van der Waals surface area (Å²) >= 11 is 11.8. The third kappa shape index (κ3) is 2.17. The summed E-state index contributed by atoms with van der Waals surface area (Å²) in [5, 5.41) is 9.94. The SMILES string of the molecule is Cn1c(C(=O)N2CCCC2CO)cc(Cl)c1Cl. The number of carbonyl (C=O) groups is 1. The molecule has 4 nitrogen and oxygen atoms in total. The van der Waals surface area contributed by atoms with Gasteiger partial charge in [-0.15, -0.1) is 0 Å². The van der Waals surface area contributed by atoms with E-state index in [1.807, 2.05) is 0 Å². The van der Waals surface area contributed by atoms with Gasteiger partial charge in [0, 0.05) is 13.6 Å². The Balaban J connectivity index is 2.28. The summed E-state index contributed by atoms with van der Waals surface area (Å²) in [7, 11) is 1.70. The molecule has 2 heterocycles. The van der Waals surface area contributed by atoms with Gasteiger partial charge in [0.15, 0.2) is 0 Å². The average molecular weight is 277 g/mol. The minimum Gasteiger partial charge on any atom is -0.394 e. The standard InChI is InChI=1S/C11H14Cl2N2O2/c1-14-9(5-8(12)10(14)13)11(17)15-4-2-3-7(15)6-16/h5,7,16H,2-4,6H2,1H3. The van der Waals surface area contributed by atoms with Crippen LogP contribution < -0.4 is 0 Å². The van der Waals surface area contributed by atoms with E-state index in [0.717, 1.165) is 12.8 Å². The number of hydrogen-bond acceptors (Lipinski definition) is 2. The van der Waals surface area contributed by atoms with Crippen molar-refractivity contribution in [3.05, 3.63) is 21.9 Å². The molecular formula is C11H14Cl2N2O2. The van der Waals surface area contributed by atoms with E-state index in [-0.39, 0.29) is 18.6 Å². The third-order valence-corrected chi connectivity index (χ3v) is 4.03. The Hall–Kier alpha value is -0.710. The quantitative estimate of drug-likeness (QED) is 0.897. The highest BCUT2D eigenvalue weighted by atomic mass is 35.5. The monoisotopic (exact) mass is 276 g/mol. The molecule has 0 radical (unpaired) electrons. The van der Waals surface area contributed by atoms with Crippen LogP contribution in [-0.2, 0) is 7.05 Å². The fraction of sp³-hybridized carbons (Fsp3) is 0.545. The van der Waals surface area contributed by atoms with Gasteiger partial charge in [-0.2, -0.15) is 0 Å². The molecule has 1 saturated heterocycles. The summed E-state index contributed by atoms with van der Waals surface area (Å²) in [6.07, 6.45) is 1.76.